The molecule has 0 aromatic heterocycles. The molecule has 0 aromatic carbocycles. The van der Waals surface area contributed by atoms with Gasteiger partial charge in [-0.1, -0.05) is 13.8 Å². The number of nitrogens with two attached hydrogens (primary N) is 1. The van der Waals surface area contributed by atoms with Crippen LogP contribution in [0.5, 0.6) is 0 Å². The van der Waals surface area contributed by atoms with Crippen LogP contribution < -0.4 is 5.73 Å². The van der Waals surface area contributed by atoms with Crippen molar-refractivity contribution >= 4 is 0 Å². The molecule has 0 bridgehead atoms. The van der Waals surface area contributed by atoms with E-state index in [1.165, 1.54) is 12.8 Å². The largest absolute Gasteiger partial charge is 0.325 e. The predicted molar refractivity (Wildman–Crippen MR) is 40.2 cm³/mol. The van der Waals surface area contributed by atoms with Crippen LogP contribution in [0.4, 0.5) is 0 Å². The second-order valence-electron chi connectivity index (χ2n) is 3.79. The van der Waals surface area contributed by atoms with Gasteiger partial charge in [0, 0.05) is 5.54 Å². The van der Waals surface area contributed by atoms with Gasteiger partial charge in [0.05, 0.1) is 0 Å². The minimum Gasteiger partial charge on any atom is -0.325 e. The number of rotatable bonds is 2. The topological polar surface area (TPSA) is 26.0 Å². The van der Waals surface area contributed by atoms with Crippen LogP contribution in [0.25, 0.3) is 0 Å². The summed E-state index contributed by atoms with van der Waals surface area (Å²) in [5.74, 6) is 1.45. The summed E-state index contributed by atoms with van der Waals surface area (Å²) in [7, 11) is 0. The molecule has 1 saturated carbocycles. The average molecular weight is 127 g/mol. The maximum Gasteiger partial charge on any atom is 0.0177 e. The lowest BCUT2D eigenvalue weighted by atomic mass is 9.85. The quantitative estimate of drug-likeness (QED) is 0.601. The van der Waals surface area contributed by atoms with Crippen LogP contribution in [0.1, 0.15) is 33.6 Å². The van der Waals surface area contributed by atoms with Crippen molar-refractivity contribution in [1.29, 1.82) is 0 Å². The molecule has 1 rings (SSSR count). The monoisotopic (exact) mass is 127 g/mol. The molecule has 1 aliphatic carbocycles. The molecule has 1 atom stereocenters. The third kappa shape index (κ3) is 1.26. The highest BCUT2D eigenvalue weighted by molar-refractivity contribution is 4.96. The third-order valence-electron chi connectivity index (χ3n) is 2.70. The van der Waals surface area contributed by atoms with Gasteiger partial charge in [-0.2, -0.15) is 0 Å². The van der Waals surface area contributed by atoms with Crippen molar-refractivity contribution in [3.63, 3.8) is 0 Å². The van der Waals surface area contributed by atoms with E-state index in [-0.39, 0.29) is 5.54 Å². The fourth-order valence-corrected chi connectivity index (χ4v) is 1.18. The van der Waals surface area contributed by atoms with Crippen LogP contribution in [0.2, 0.25) is 0 Å². The van der Waals surface area contributed by atoms with Crippen LogP contribution in [0.15, 0.2) is 0 Å². The number of hydrogen-bond acceptors (Lipinski definition) is 1. The summed E-state index contributed by atoms with van der Waals surface area (Å²) < 4.78 is 0. The molecule has 0 heterocycles. The first-order chi connectivity index (χ1) is 4.05. The van der Waals surface area contributed by atoms with E-state index < -0.39 is 0 Å². The van der Waals surface area contributed by atoms with Crippen molar-refractivity contribution in [3.05, 3.63) is 0 Å². The molecular weight excluding hydrogens is 110 g/mol. The summed E-state index contributed by atoms with van der Waals surface area (Å²) in [6, 6.07) is 0. The van der Waals surface area contributed by atoms with Crippen molar-refractivity contribution in [3.8, 4) is 0 Å². The molecule has 1 aliphatic rings. The predicted octanol–water partition coefficient (Wildman–Crippen LogP) is 1.77. The molecule has 9 heavy (non-hydrogen) atoms. The van der Waals surface area contributed by atoms with E-state index in [0.29, 0.717) is 5.92 Å². The maximum absolute atomic E-state index is 6.06. The Balaban J connectivity index is 2.48. The molecule has 0 saturated heterocycles. The van der Waals surface area contributed by atoms with Crippen LogP contribution in [-0.4, -0.2) is 5.54 Å². The summed E-state index contributed by atoms with van der Waals surface area (Å²) in [6.07, 6.45) is 2.70. The lowest BCUT2D eigenvalue weighted by Gasteiger charge is -2.28. The highest BCUT2D eigenvalue weighted by Crippen LogP contribution is 2.41. The summed E-state index contributed by atoms with van der Waals surface area (Å²) in [5.41, 5.74) is 6.18. The van der Waals surface area contributed by atoms with E-state index in [9.17, 15) is 0 Å². The maximum atomic E-state index is 6.06. The summed E-state index contributed by atoms with van der Waals surface area (Å²) in [5, 5.41) is 0. The molecule has 54 valence electrons. The Morgan fingerprint density at radius 3 is 2.00 bits per heavy atom. The second-order valence-corrected chi connectivity index (χ2v) is 3.79. The Morgan fingerprint density at radius 2 is 1.89 bits per heavy atom. The highest BCUT2D eigenvalue weighted by atomic mass is 14.8. The second kappa shape index (κ2) is 1.98. The van der Waals surface area contributed by atoms with E-state index in [1.807, 2.05) is 0 Å². The minimum atomic E-state index is 0.111. The van der Waals surface area contributed by atoms with E-state index in [1.54, 1.807) is 0 Å². The Bertz CT molecular complexity index is 97.1. The van der Waals surface area contributed by atoms with Crippen molar-refractivity contribution in [2.75, 3.05) is 0 Å². The zero-order chi connectivity index (χ0) is 7.07. The summed E-state index contributed by atoms with van der Waals surface area (Å²) >= 11 is 0. The smallest absolute Gasteiger partial charge is 0.0177 e. The van der Waals surface area contributed by atoms with E-state index >= 15 is 0 Å². The van der Waals surface area contributed by atoms with Gasteiger partial charge >= 0.3 is 0 Å². The van der Waals surface area contributed by atoms with Crippen molar-refractivity contribution in [1.82, 2.24) is 0 Å². The molecule has 2 N–H and O–H groups in total. The van der Waals surface area contributed by atoms with Crippen LogP contribution in [-0.2, 0) is 0 Å². The molecule has 0 radical (unpaired) electrons. The Labute approximate surface area is 57.6 Å². The van der Waals surface area contributed by atoms with E-state index in [0.717, 1.165) is 5.92 Å². The lowest BCUT2D eigenvalue weighted by molar-refractivity contribution is 0.297. The van der Waals surface area contributed by atoms with Gasteiger partial charge in [0.1, 0.15) is 0 Å². The molecule has 1 heteroatoms. The van der Waals surface area contributed by atoms with E-state index in [4.69, 9.17) is 5.73 Å². The molecule has 0 spiro atoms. The van der Waals surface area contributed by atoms with E-state index in [2.05, 4.69) is 20.8 Å². The van der Waals surface area contributed by atoms with Crippen LogP contribution >= 0.6 is 0 Å². The van der Waals surface area contributed by atoms with Crippen LogP contribution in [0.3, 0.4) is 0 Å². The standard InChI is InChI=1S/C8H17N/c1-6(2)8(3,9)7-4-5-7/h6-7H,4-5,9H2,1-3H3. The molecule has 1 fully saturated rings. The molecule has 0 aliphatic heterocycles. The first-order valence-corrected chi connectivity index (χ1v) is 3.84. The van der Waals surface area contributed by atoms with Crippen molar-refractivity contribution in [2.24, 2.45) is 17.6 Å². The van der Waals surface area contributed by atoms with Gasteiger partial charge in [0.15, 0.2) is 0 Å². The van der Waals surface area contributed by atoms with Gasteiger partial charge in [0.2, 0.25) is 0 Å². The zero-order valence-electron chi connectivity index (χ0n) is 6.65. The Morgan fingerprint density at radius 1 is 1.44 bits per heavy atom. The Hall–Kier alpha value is -0.0400. The fourth-order valence-electron chi connectivity index (χ4n) is 1.18. The van der Waals surface area contributed by atoms with Gasteiger partial charge < -0.3 is 5.73 Å². The Kier molecular flexibility index (Phi) is 1.55. The van der Waals surface area contributed by atoms with Gasteiger partial charge in [-0.3, -0.25) is 0 Å². The molecule has 1 nitrogen and oxygen atoms in total. The number of hydrogen-bond donors (Lipinski definition) is 1. The third-order valence-corrected chi connectivity index (χ3v) is 2.70. The minimum absolute atomic E-state index is 0.111. The van der Waals surface area contributed by atoms with Crippen LogP contribution in [0, 0.1) is 11.8 Å². The summed E-state index contributed by atoms with van der Waals surface area (Å²) in [6.45, 7) is 6.59. The molecule has 1 unspecified atom stereocenters. The van der Waals surface area contributed by atoms with Gasteiger partial charge in [-0.15, -0.1) is 0 Å². The normalized spacial score (nSPS) is 26.3. The van der Waals surface area contributed by atoms with Crippen molar-refractivity contribution < 1.29 is 0 Å². The first kappa shape index (κ1) is 7.07. The first-order valence-electron chi connectivity index (χ1n) is 3.84. The molecular formula is C8H17N. The van der Waals surface area contributed by atoms with Gasteiger partial charge in [0.25, 0.3) is 0 Å². The SMILES string of the molecule is CC(C)C(C)(N)C1CC1. The summed E-state index contributed by atoms with van der Waals surface area (Å²) in [4.78, 5) is 0. The van der Waals surface area contributed by atoms with Crippen molar-refractivity contribution in [2.45, 2.75) is 39.2 Å². The fraction of sp³-hybridized carbons (Fsp3) is 1.00. The zero-order valence-corrected chi connectivity index (χ0v) is 6.65. The molecule has 0 aromatic rings. The average Bonchev–Trinajstić information content (AvgIpc) is 2.42. The van der Waals surface area contributed by atoms with Gasteiger partial charge in [-0.05, 0) is 31.6 Å². The lowest BCUT2D eigenvalue weighted by Crippen LogP contribution is -2.43. The van der Waals surface area contributed by atoms with Gasteiger partial charge in [-0.25, -0.2) is 0 Å². The highest BCUT2D eigenvalue weighted by Gasteiger charge is 2.40. The molecule has 0 amide bonds.